The second kappa shape index (κ2) is 5.28. The molecule has 23 heavy (non-hydrogen) atoms. The SMILES string of the molecule is Oc1ccc2ccccc2c1-c1c(O)ccc2cc(Br)ccc12. The number of phenols is 2. The molecule has 0 radical (unpaired) electrons. The van der Waals surface area contributed by atoms with E-state index in [0.29, 0.717) is 11.1 Å². The summed E-state index contributed by atoms with van der Waals surface area (Å²) in [4.78, 5) is 0. The maximum absolute atomic E-state index is 10.5. The Bertz CT molecular complexity index is 1050. The van der Waals surface area contributed by atoms with Gasteiger partial charge in [0, 0.05) is 15.6 Å². The first-order valence-corrected chi connectivity index (χ1v) is 8.07. The molecule has 0 saturated heterocycles. The minimum absolute atomic E-state index is 0.159. The van der Waals surface area contributed by atoms with Crippen molar-refractivity contribution < 1.29 is 10.2 Å². The average molecular weight is 365 g/mol. The lowest BCUT2D eigenvalue weighted by Crippen LogP contribution is -1.87. The van der Waals surface area contributed by atoms with Gasteiger partial charge in [-0.3, -0.25) is 0 Å². The summed E-state index contributed by atoms with van der Waals surface area (Å²) in [6.45, 7) is 0. The third-order valence-electron chi connectivity index (χ3n) is 4.12. The molecule has 2 nitrogen and oxygen atoms in total. The van der Waals surface area contributed by atoms with Crippen LogP contribution in [-0.2, 0) is 0 Å². The van der Waals surface area contributed by atoms with Crippen molar-refractivity contribution in [3.8, 4) is 22.6 Å². The number of hydrogen-bond donors (Lipinski definition) is 2. The number of rotatable bonds is 1. The van der Waals surface area contributed by atoms with Crippen LogP contribution in [0.4, 0.5) is 0 Å². The van der Waals surface area contributed by atoms with Crippen LogP contribution in [0.2, 0.25) is 0 Å². The van der Waals surface area contributed by atoms with Crippen LogP contribution in [0.3, 0.4) is 0 Å². The van der Waals surface area contributed by atoms with Crippen LogP contribution in [0.25, 0.3) is 32.7 Å². The van der Waals surface area contributed by atoms with Crippen molar-refractivity contribution >= 4 is 37.5 Å². The minimum atomic E-state index is 0.159. The molecule has 4 rings (SSSR count). The van der Waals surface area contributed by atoms with E-state index in [0.717, 1.165) is 26.0 Å². The summed E-state index contributed by atoms with van der Waals surface area (Å²) >= 11 is 3.47. The van der Waals surface area contributed by atoms with Crippen molar-refractivity contribution in [3.05, 3.63) is 71.2 Å². The number of halogens is 1. The highest BCUT2D eigenvalue weighted by atomic mass is 79.9. The predicted octanol–water partition coefficient (Wildman–Crippen LogP) is 5.83. The highest BCUT2D eigenvalue weighted by Gasteiger charge is 2.16. The van der Waals surface area contributed by atoms with Gasteiger partial charge in [0.25, 0.3) is 0 Å². The first-order valence-electron chi connectivity index (χ1n) is 7.27. The summed E-state index contributed by atoms with van der Waals surface area (Å²) in [5.74, 6) is 0.320. The van der Waals surface area contributed by atoms with Crippen molar-refractivity contribution in [1.82, 2.24) is 0 Å². The lowest BCUT2D eigenvalue weighted by atomic mass is 9.92. The van der Waals surface area contributed by atoms with Crippen LogP contribution in [0.15, 0.2) is 71.2 Å². The summed E-state index contributed by atoms with van der Waals surface area (Å²) in [5, 5.41) is 24.8. The smallest absolute Gasteiger partial charge is 0.124 e. The summed E-state index contributed by atoms with van der Waals surface area (Å²) in [6.07, 6.45) is 0. The number of phenolic OH excluding ortho intramolecular Hbond substituents is 2. The van der Waals surface area contributed by atoms with Gasteiger partial charge in [-0.05, 0) is 45.8 Å². The Balaban J connectivity index is 2.19. The van der Waals surface area contributed by atoms with Gasteiger partial charge in [0.1, 0.15) is 11.5 Å². The van der Waals surface area contributed by atoms with Gasteiger partial charge in [-0.15, -0.1) is 0 Å². The van der Waals surface area contributed by atoms with Gasteiger partial charge in [-0.1, -0.05) is 58.4 Å². The molecule has 0 saturated carbocycles. The summed E-state index contributed by atoms with van der Waals surface area (Å²) in [6, 6.07) is 20.9. The molecule has 0 amide bonds. The van der Waals surface area contributed by atoms with Crippen molar-refractivity contribution in [2.24, 2.45) is 0 Å². The molecule has 0 unspecified atom stereocenters. The number of aromatic hydroxyl groups is 2. The second-order valence-corrected chi connectivity index (χ2v) is 6.42. The zero-order valence-corrected chi connectivity index (χ0v) is 13.7. The maximum atomic E-state index is 10.5. The molecule has 0 bridgehead atoms. The zero-order chi connectivity index (χ0) is 16.0. The van der Waals surface area contributed by atoms with Crippen LogP contribution >= 0.6 is 15.9 Å². The first kappa shape index (κ1) is 14.1. The fourth-order valence-electron chi connectivity index (χ4n) is 3.07. The molecule has 0 aliphatic carbocycles. The fraction of sp³-hybridized carbons (Fsp3) is 0. The molecule has 4 aromatic carbocycles. The molecule has 2 N–H and O–H groups in total. The van der Waals surface area contributed by atoms with E-state index in [2.05, 4.69) is 15.9 Å². The van der Waals surface area contributed by atoms with Gasteiger partial charge >= 0.3 is 0 Å². The molecular weight excluding hydrogens is 352 g/mol. The van der Waals surface area contributed by atoms with E-state index in [1.807, 2.05) is 54.6 Å². The fourth-order valence-corrected chi connectivity index (χ4v) is 3.45. The number of benzene rings is 4. The van der Waals surface area contributed by atoms with E-state index in [1.54, 1.807) is 12.1 Å². The van der Waals surface area contributed by atoms with Gasteiger partial charge in [-0.2, -0.15) is 0 Å². The van der Waals surface area contributed by atoms with E-state index in [4.69, 9.17) is 0 Å². The van der Waals surface area contributed by atoms with Crippen LogP contribution in [-0.4, -0.2) is 10.2 Å². The Morgan fingerprint density at radius 1 is 0.609 bits per heavy atom. The lowest BCUT2D eigenvalue weighted by Gasteiger charge is -2.14. The predicted molar refractivity (Wildman–Crippen MR) is 97.9 cm³/mol. The highest BCUT2D eigenvalue weighted by Crippen LogP contribution is 2.44. The Hall–Kier alpha value is -2.52. The molecule has 0 heterocycles. The topological polar surface area (TPSA) is 40.5 Å². The second-order valence-electron chi connectivity index (χ2n) is 5.51. The van der Waals surface area contributed by atoms with E-state index in [1.165, 1.54) is 0 Å². The summed E-state index contributed by atoms with van der Waals surface area (Å²) in [7, 11) is 0. The van der Waals surface area contributed by atoms with Crippen LogP contribution in [0.1, 0.15) is 0 Å². The van der Waals surface area contributed by atoms with Gasteiger partial charge in [0.05, 0.1) is 0 Å². The normalized spacial score (nSPS) is 11.2. The Morgan fingerprint density at radius 2 is 1.22 bits per heavy atom. The highest BCUT2D eigenvalue weighted by molar-refractivity contribution is 9.10. The molecular formula is C20H13BrO2. The van der Waals surface area contributed by atoms with Crippen LogP contribution in [0, 0.1) is 0 Å². The summed E-state index contributed by atoms with van der Waals surface area (Å²) < 4.78 is 0.976. The number of hydrogen-bond acceptors (Lipinski definition) is 2. The average Bonchev–Trinajstić information content (AvgIpc) is 2.56. The van der Waals surface area contributed by atoms with Gasteiger partial charge in [0.2, 0.25) is 0 Å². The van der Waals surface area contributed by atoms with E-state index >= 15 is 0 Å². The Morgan fingerprint density at radius 3 is 1.96 bits per heavy atom. The molecule has 0 aliphatic rings. The number of fused-ring (bicyclic) bond motifs is 2. The first-order chi connectivity index (χ1) is 11.1. The van der Waals surface area contributed by atoms with Gasteiger partial charge in [-0.25, -0.2) is 0 Å². The third kappa shape index (κ3) is 2.25. The van der Waals surface area contributed by atoms with E-state index < -0.39 is 0 Å². The zero-order valence-electron chi connectivity index (χ0n) is 12.1. The molecule has 0 spiro atoms. The molecule has 0 fully saturated rings. The molecule has 112 valence electrons. The van der Waals surface area contributed by atoms with Crippen molar-refractivity contribution in [1.29, 1.82) is 0 Å². The van der Waals surface area contributed by atoms with Gasteiger partial charge < -0.3 is 10.2 Å². The molecule has 3 heteroatoms. The van der Waals surface area contributed by atoms with E-state index in [-0.39, 0.29) is 11.5 Å². The third-order valence-corrected chi connectivity index (χ3v) is 4.61. The maximum Gasteiger partial charge on any atom is 0.124 e. The quantitative estimate of drug-likeness (QED) is 0.445. The van der Waals surface area contributed by atoms with Crippen LogP contribution < -0.4 is 0 Å². The van der Waals surface area contributed by atoms with E-state index in [9.17, 15) is 10.2 Å². The van der Waals surface area contributed by atoms with Crippen LogP contribution in [0.5, 0.6) is 11.5 Å². The van der Waals surface area contributed by atoms with Gasteiger partial charge in [0.15, 0.2) is 0 Å². The standard InChI is InChI=1S/C20H13BrO2/c21-14-7-8-16-13(11-14)6-10-18(23)20(16)19-15-4-2-1-3-12(15)5-9-17(19)22/h1-11,22-23H. The lowest BCUT2D eigenvalue weighted by molar-refractivity contribution is 0.470. The summed E-state index contributed by atoms with van der Waals surface area (Å²) in [5.41, 5.74) is 1.32. The molecule has 0 aliphatic heterocycles. The van der Waals surface area contributed by atoms with Crippen molar-refractivity contribution in [2.75, 3.05) is 0 Å². The molecule has 0 aromatic heterocycles. The molecule has 0 atom stereocenters. The monoisotopic (exact) mass is 364 g/mol. The van der Waals surface area contributed by atoms with Crippen molar-refractivity contribution in [2.45, 2.75) is 0 Å². The minimum Gasteiger partial charge on any atom is -0.507 e. The Kier molecular flexibility index (Phi) is 3.24. The molecule has 4 aromatic rings. The largest absolute Gasteiger partial charge is 0.507 e. The van der Waals surface area contributed by atoms with Crippen molar-refractivity contribution in [3.63, 3.8) is 0 Å². The Labute approximate surface area is 141 Å².